The van der Waals surface area contributed by atoms with Gasteiger partial charge in [0.15, 0.2) is 0 Å². The highest BCUT2D eigenvalue weighted by molar-refractivity contribution is 5.79. The third kappa shape index (κ3) is 5.35. The first-order valence-electron chi connectivity index (χ1n) is 12.8. The Bertz CT molecular complexity index is 932. The number of hydrogen-bond donors (Lipinski definition) is 1. The number of amides is 1. The number of nitrogens with one attached hydrogen (secondary N) is 1. The molecule has 2 aliphatic heterocycles. The summed E-state index contributed by atoms with van der Waals surface area (Å²) in [7, 11) is 0. The van der Waals surface area contributed by atoms with E-state index in [0.717, 1.165) is 64.2 Å². The van der Waals surface area contributed by atoms with Crippen molar-refractivity contribution < 1.29 is 13.9 Å². The molecule has 3 fully saturated rings. The molecule has 182 valence electrons. The lowest BCUT2D eigenvalue weighted by molar-refractivity contribution is -0.143. The van der Waals surface area contributed by atoms with Crippen molar-refractivity contribution in [3.8, 4) is 0 Å². The maximum absolute atomic E-state index is 13.5. The van der Waals surface area contributed by atoms with Gasteiger partial charge in [-0.2, -0.15) is 0 Å². The molecule has 0 unspecified atom stereocenters. The topological polar surface area (TPSA) is 44.8 Å². The van der Waals surface area contributed by atoms with Crippen LogP contribution in [0.3, 0.4) is 0 Å². The molecular formula is C28H36FN3O2. The summed E-state index contributed by atoms with van der Waals surface area (Å²) in [6, 6.07) is 17.8. The third-order valence-corrected chi connectivity index (χ3v) is 7.94. The van der Waals surface area contributed by atoms with Gasteiger partial charge in [-0.05, 0) is 48.4 Å². The predicted molar refractivity (Wildman–Crippen MR) is 131 cm³/mol. The molecule has 1 amide bonds. The van der Waals surface area contributed by atoms with Gasteiger partial charge in [0.1, 0.15) is 5.82 Å². The molecule has 1 saturated carbocycles. The summed E-state index contributed by atoms with van der Waals surface area (Å²) in [5.41, 5.74) is 2.27. The molecular weight excluding hydrogens is 429 g/mol. The van der Waals surface area contributed by atoms with Crippen molar-refractivity contribution in [2.45, 2.75) is 50.2 Å². The standard InChI is InChI=1S/C28H36FN3O2/c29-23-11-9-21(10-12-23)20-32-26-8-4-7-25(30-13-14-31-15-17-34-18-16-31)28(26)24(19-27(32)33)22-5-2-1-3-6-22/h1-3,5-6,9-12,24-26,28,30H,4,7-8,13-20H2/t24-,25+,26-,28+/m1/s1. The Hall–Kier alpha value is -2.28. The van der Waals surface area contributed by atoms with Crippen molar-refractivity contribution in [2.24, 2.45) is 5.92 Å². The number of piperidine rings is 1. The molecule has 6 heteroatoms. The number of ether oxygens (including phenoxy) is 1. The Balaban J connectivity index is 1.35. The van der Waals surface area contributed by atoms with Gasteiger partial charge in [-0.1, -0.05) is 42.5 Å². The van der Waals surface area contributed by atoms with Gasteiger partial charge in [-0.25, -0.2) is 4.39 Å². The van der Waals surface area contributed by atoms with Crippen LogP contribution in [0, 0.1) is 11.7 Å². The van der Waals surface area contributed by atoms with Crippen LogP contribution in [0.25, 0.3) is 0 Å². The summed E-state index contributed by atoms with van der Waals surface area (Å²) in [4.78, 5) is 18.0. The van der Waals surface area contributed by atoms with E-state index in [4.69, 9.17) is 4.74 Å². The van der Waals surface area contributed by atoms with E-state index in [1.165, 1.54) is 17.7 Å². The minimum Gasteiger partial charge on any atom is -0.379 e. The Morgan fingerprint density at radius 3 is 2.53 bits per heavy atom. The van der Waals surface area contributed by atoms with Crippen molar-refractivity contribution in [1.29, 1.82) is 0 Å². The third-order valence-electron chi connectivity index (χ3n) is 7.94. The van der Waals surface area contributed by atoms with Crippen LogP contribution in [-0.4, -0.2) is 67.2 Å². The van der Waals surface area contributed by atoms with E-state index in [2.05, 4.69) is 39.4 Å². The monoisotopic (exact) mass is 465 g/mol. The molecule has 2 aromatic carbocycles. The van der Waals surface area contributed by atoms with Gasteiger partial charge < -0.3 is 15.0 Å². The molecule has 2 aromatic rings. The van der Waals surface area contributed by atoms with Gasteiger partial charge in [-0.15, -0.1) is 0 Å². The smallest absolute Gasteiger partial charge is 0.223 e. The molecule has 2 saturated heterocycles. The fourth-order valence-electron chi connectivity index (χ4n) is 6.24. The van der Waals surface area contributed by atoms with Crippen LogP contribution in [0.15, 0.2) is 54.6 Å². The van der Waals surface area contributed by atoms with Crippen LogP contribution in [0.2, 0.25) is 0 Å². The molecule has 4 atom stereocenters. The number of likely N-dealkylation sites (tertiary alicyclic amines) is 1. The van der Waals surface area contributed by atoms with Crippen LogP contribution < -0.4 is 5.32 Å². The molecule has 3 aliphatic rings. The number of benzene rings is 2. The highest BCUT2D eigenvalue weighted by Crippen LogP contribution is 2.45. The Morgan fingerprint density at radius 2 is 1.76 bits per heavy atom. The summed E-state index contributed by atoms with van der Waals surface area (Å²) >= 11 is 0. The lowest BCUT2D eigenvalue weighted by Crippen LogP contribution is -2.59. The molecule has 0 aromatic heterocycles. The van der Waals surface area contributed by atoms with Gasteiger partial charge >= 0.3 is 0 Å². The molecule has 1 N–H and O–H groups in total. The Morgan fingerprint density at radius 1 is 1.00 bits per heavy atom. The average Bonchev–Trinajstić information content (AvgIpc) is 2.88. The summed E-state index contributed by atoms with van der Waals surface area (Å²) in [5, 5.41) is 3.90. The van der Waals surface area contributed by atoms with Gasteiger partial charge in [0.2, 0.25) is 5.91 Å². The first-order chi connectivity index (χ1) is 16.7. The van der Waals surface area contributed by atoms with Crippen LogP contribution >= 0.6 is 0 Å². The molecule has 34 heavy (non-hydrogen) atoms. The first kappa shape index (κ1) is 23.5. The second-order valence-corrected chi connectivity index (χ2v) is 9.96. The maximum atomic E-state index is 13.5. The van der Waals surface area contributed by atoms with Crippen molar-refractivity contribution >= 4 is 5.91 Å². The lowest BCUT2D eigenvalue weighted by Gasteiger charge is -2.51. The minimum atomic E-state index is -0.238. The van der Waals surface area contributed by atoms with E-state index in [1.807, 2.05) is 18.2 Å². The Labute approximate surface area is 202 Å². The summed E-state index contributed by atoms with van der Waals surface area (Å²) in [6.45, 7) is 6.21. The number of halogens is 1. The Kier molecular flexibility index (Phi) is 7.57. The number of carbonyl (C=O) groups excluding carboxylic acids is 1. The second-order valence-electron chi connectivity index (χ2n) is 9.96. The zero-order valence-electron chi connectivity index (χ0n) is 19.9. The van der Waals surface area contributed by atoms with Gasteiger partial charge in [0.25, 0.3) is 0 Å². The number of fused-ring (bicyclic) bond motifs is 1. The largest absolute Gasteiger partial charge is 0.379 e. The van der Waals surface area contributed by atoms with E-state index in [-0.39, 0.29) is 23.7 Å². The minimum absolute atomic E-state index is 0.200. The quantitative estimate of drug-likeness (QED) is 0.676. The molecule has 1 aliphatic carbocycles. The lowest BCUT2D eigenvalue weighted by atomic mass is 9.66. The normalized spacial score (nSPS) is 28.0. The first-order valence-corrected chi connectivity index (χ1v) is 12.8. The number of nitrogens with zero attached hydrogens (tertiary/aromatic N) is 2. The van der Waals surface area contributed by atoms with Gasteiger partial charge in [0, 0.05) is 57.1 Å². The van der Waals surface area contributed by atoms with Crippen molar-refractivity contribution in [3.05, 3.63) is 71.5 Å². The van der Waals surface area contributed by atoms with E-state index in [0.29, 0.717) is 24.9 Å². The van der Waals surface area contributed by atoms with Crippen molar-refractivity contribution in [3.63, 3.8) is 0 Å². The van der Waals surface area contributed by atoms with Crippen LogP contribution in [0.4, 0.5) is 4.39 Å². The van der Waals surface area contributed by atoms with Crippen LogP contribution in [-0.2, 0) is 16.1 Å². The van der Waals surface area contributed by atoms with Crippen molar-refractivity contribution in [1.82, 2.24) is 15.1 Å². The number of hydrogen-bond acceptors (Lipinski definition) is 4. The van der Waals surface area contributed by atoms with Gasteiger partial charge in [0.05, 0.1) is 13.2 Å². The average molecular weight is 466 g/mol. The molecule has 0 radical (unpaired) electrons. The van der Waals surface area contributed by atoms with E-state index < -0.39 is 0 Å². The highest BCUT2D eigenvalue weighted by atomic mass is 19.1. The molecule has 0 spiro atoms. The van der Waals surface area contributed by atoms with E-state index >= 15 is 0 Å². The van der Waals surface area contributed by atoms with Crippen LogP contribution in [0.5, 0.6) is 0 Å². The molecule has 5 nitrogen and oxygen atoms in total. The summed E-state index contributed by atoms with van der Waals surface area (Å²) in [6.07, 6.45) is 3.83. The predicted octanol–water partition coefficient (Wildman–Crippen LogP) is 3.80. The fourth-order valence-corrected chi connectivity index (χ4v) is 6.24. The second kappa shape index (κ2) is 11.0. The van der Waals surface area contributed by atoms with Crippen molar-refractivity contribution in [2.75, 3.05) is 39.4 Å². The summed E-state index contributed by atoms with van der Waals surface area (Å²) < 4.78 is 18.9. The van der Waals surface area contributed by atoms with Gasteiger partial charge in [-0.3, -0.25) is 9.69 Å². The molecule has 2 heterocycles. The molecule has 5 rings (SSSR count). The number of rotatable bonds is 7. The molecule has 0 bridgehead atoms. The zero-order valence-corrected chi connectivity index (χ0v) is 19.9. The van der Waals surface area contributed by atoms with Crippen LogP contribution in [0.1, 0.15) is 42.7 Å². The highest BCUT2D eigenvalue weighted by Gasteiger charge is 2.47. The summed E-state index contributed by atoms with van der Waals surface area (Å²) in [5.74, 6) is 0.578. The number of carbonyl (C=O) groups is 1. The van der Waals surface area contributed by atoms with E-state index in [9.17, 15) is 9.18 Å². The fraction of sp³-hybridized carbons (Fsp3) is 0.536. The zero-order chi connectivity index (χ0) is 23.3. The SMILES string of the molecule is O=C1C[C@H](c2ccccc2)[C@H]2[C@@H](NCCN3CCOCC3)CCC[C@H]2N1Cc1ccc(F)cc1. The van der Waals surface area contributed by atoms with E-state index in [1.54, 1.807) is 0 Å². The maximum Gasteiger partial charge on any atom is 0.223 e. The number of morpholine rings is 1.